The summed E-state index contributed by atoms with van der Waals surface area (Å²) in [6.45, 7) is 6.36. The standard InChI is InChI=1S/C18H26N3O6PS/c1-17(2,27-28(25)18(3,4)24)8-11-12(22)13(23)14(26-11)9-7-10-15(21-16(9)29)20-6-5-19-10/h5-7,11-14,22-25H,8H2,1-4H3,(H,20,21,29)/t11-,12?,13?,14+,28?/m1/s1. The number of hydrogen-bond acceptors (Lipinski definition) is 9. The van der Waals surface area contributed by atoms with Crippen molar-refractivity contribution >= 4 is 31.8 Å². The molecule has 3 heterocycles. The zero-order valence-electron chi connectivity index (χ0n) is 16.6. The lowest BCUT2D eigenvalue weighted by molar-refractivity contribution is -0.0400. The van der Waals surface area contributed by atoms with Gasteiger partial charge in [0, 0.05) is 24.4 Å². The van der Waals surface area contributed by atoms with Gasteiger partial charge < -0.3 is 34.5 Å². The lowest BCUT2D eigenvalue weighted by Crippen LogP contribution is -2.37. The van der Waals surface area contributed by atoms with Crippen LogP contribution in [-0.4, -0.2) is 64.4 Å². The molecule has 11 heteroatoms. The molecule has 2 aromatic rings. The maximum Gasteiger partial charge on any atom is 0.201 e. The average molecular weight is 443 g/mol. The van der Waals surface area contributed by atoms with Crippen LogP contribution in [0, 0.1) is 4.64 Å². The predicted molar refractivity (Wildman–Crippen MR) is 110 cm³/mol. The van der Waals surface area contributed by atoms with Crippen molar-refractivity contribution in [3.63, 3.8) is 0 Å². The first-order valence-corrected chi connectivity index (χ1v) is 10.8. The lowest BCUT2D eigenvalue weighted by Gasteiger charge is -2.34. The van der Waals surface area contributed by atoms with Gasteiger partial charge in [-0.15, -0.1) is 0 Å². The summed E-state index contributed by atoms with van der Waals surface area (Å²) < 4.78 is 11.9. The number of fused-ring (bicyclic) bond motifs is 1. The van der Waals surface area contributed by atoms with E-state index in [-0.39, 0.29) is 6.42 Å². The SMILES string of the molecule is CC(C)(C[C@H]1O[C@@H](c2cc3nccnc3[nH]c2=S)C(O)C1O)OP(O)C(C)(C)O. The third-order valence-electron chi connectivity index (χ3n) is 4.68. The second-order valence-corrected chi connectivity index (χ2v) is 10.5. The number of aliphatic hydroxyl groups is 3. The fourth-order valence-electron chi connectivity index (χ4n) is 3.20. The molecule has 2 aromatic heterocycles. The minimum absolute atomic E-state index is 0.182. The molecule has 3 unspecified atom stereocenters. The number of ether oxygens (including phenoxy) is 1. The molecule has 0 aromatic carbocycles. The highest BCUT2D eigenvalue weighted by molar-refractivity contribution is 7.71. The molecule has 5 N–H and O–H groups in total. The Labute approximate surface area is 174 Å². The van der Waals surface area contributed by atoms with Gasteiger partial charge in [0.25, 0.3) is 0 Å². The number of aromatic nitrogens is 3. The molecule has 0 bridgehead atoms. The lowest BCUT2D eigenvalue weighted by atomic mass is 9.95. The van der Waals surface area contributed by atoms with Gasteiger partial charge in [-0.2, -0.15) is 0 Å². The Morgan fingerprint density at radius 3 is 2.52 bits per heavy atom. The Morgan fingerprint density at radius 2 is 1.86 bits per heavy atom. The third-order valence-corrected chi connectivity index (χ3v) is 6.62. The van der Waals surface area contributed by atoms with Crippen molar-refractivity contribution in [1.82, 2.24) is 15.0 Å². The van der Waals surface area contributed by atoms with Crippen LogP contribution in [0.2, 0.25) is 0 Å². The van der Waals surface area contributed by atoms with Gasteiger partial charge >= 0.3 is 0 Å². The molecule has 9 nitrogen and oxygen atoms in total. The summed E-state index contributed by atoms with van der Waals surface area (Å²) in [6.07, 6.45) is -0.733. The maximum atomic E-state index is 10.6. The van der Waals surface area contributed by atoms with E-state index in [1.54, 1.807) is 32.3 Å². The van der Waals surface area contributed by atoms with E-state index in [0.29, 0.717) is 21.4 Å². The van der Waals surface area contributed by atoms with Gasteiger partial charge in [-0.25, -0.2) is 4.98 Å². The number of aliphatic hydroxyl groups excluding tert-OH is 2. The summed E-state index contributed by atoms with van der Waals surface area (Å²) in [5.74, 6) is 0. The van der Waals surface area contributed by atoms with Gasteiger partial charge in [0.05, 0.1) is 11.7 Å². The summed E-state index contributed by atoms with van der Waals surface area (Å²) in [5.41, 5.74) is 0.660. The molecule has 0 amide bonds. The quantitative estimate of drug-likeness (QED) is 0.335. The first-order chi connectivity index (χ1) is 13.4. The van der Waals surface area contributed by atoms with Gasteiger partial charge in [0.1, 0.15) is 33.8 Å². The molecular formula is C18H26N3O6PS. The van der Waals surface area contributed by atoms with Crippen LogP contribution in [0.4, 0.5) is 0 Å². The summed E-state index contributed by atoms with van der Waals surface area (Å²) in [5, 5.41) is 29.7. The highest BCUT2D eigenvalue weighted by Crippen LogP contribution is 2.49. The van der Waals surface area contributed by atoms with Gasteiger partial charge in [0.2, 0.25) is 8.38 Å². The van der Waals surface area contributed by atoms with E-state index in [0.717, 1.165) is 0 Å². The molecule has 1 aliphatic heterocycles. The van der Waals surface area contributed by atoms with Crippen molar-refractivity contribution in [1.29, 1.82) is 0 Å². The van der Waals surface area contributed by atoms with Gasteiger partial charge in [-0.3, -0.25) is 4.98 Å². The number of aromatic amines is 1. The predicted octanol–water partition coefficient (Wildman–Crippen LogP) is 2.07. The van der Waals surface area contributed by atoms with Gasteiger partial charge in [-0.1, -0.05) is 12.2 Å². The molecule has 5 atom stereocenters. The van der Waals surface area contributed by atoms with Crippen LogP contribution in [0.15, 0.2) is 18.5 Å². The second-order valence-electron chi connectivity index (χ2n) is 8.24. The highest BCUT2D eigenvalue weighted by Gasteiger charge is 2.47. The molecule has 0 aliphatic carbocycles. The van der Waals surface area contributed by atoms with Crippen molar-refractivity contribution in [2.75, 3.05) is 0 Å². The van der Waals surface area contributed by atoms with Crippen LogP contribution in [-0.2, 0) is 9.26 Å². The second kappa shape index (κ2) is 8.20. The van der Waals surface area contributed by atoms with Crippen LogP contribution in [0.3, 0.4) is 0 Å². The number of nitrogens with one attached hydrogen (secondary N) is 1. The Kier molecular flexibility index (Phi) is 6.39. The fraction of sp³-hybridized carbons (Fsp3) is 0.611. The Bertz CT molecular complexity index is 934. The van der Waals surface area contributed by atoms with Crippen molar-refractivity contribution in [2.24, 2.45) is 0 Å². The van der Waals surface area contributed by atoms with Crippen LogP contribution in [0.1, 0.15) is 45.8 Å². The molecule has 0 spiro atoms. The molecular weight excluding hydrogens is 417 g/mol. The molecule has 1 aliphatic rings. The van der Waals surface area contributed by atoms with Crippen molar-refractivity contribution in [2.45, 2.75) is 69.5 Å². The van der Waals surface area contributed by atoms with Crippen LogP contribution in [0.25, 0.3) is 11.2 Å². The van der Waals surface area contributed by atoms with E-state index in [1.165, 1.54) is 13.8 Å². The molecule has 0 radical (unpaired) electrons. The summed E-state index contributed by atoms with van der Waals surface area (Å²) in [4.78, 5) is 21.4. The monoisotopic (exact) mass is 443 g/mol. The van der Waals surface area contributed by atoms with Crippen molar-refractivity contribution in [3.05, 3.63) is 28.7 Å². The number of rotatable bonds is 6. The Morgan fingerprint density at radius 1 is 1.21 bits per heavy atom. The number of hydrogen-bond donors (Lipinski definition) is 5. The minimum atomic E-state index is -2.12. The Balaban J connectivity index is 1.80. The molecule has 0 saturated carbocycles. The summed E-state index contributed by atoms with van der Waals surface area (Å²) >= 11 is 5.37. The first kappa shape index (κ1) is 22.6. The fourth-order valence-corrected chi connectivity index (χ4v) is 4.23. The van der Waals surface area contributed by atoms with Crippen LogP contribution < -0.4 is 0 Å². The van der Waals surface area contributed by atoms with E-state index in [2.05, 4.69) is 15.0 Å². The van der Waals surface area contributed by atoms with Crippen LogP contribution in [0.5, 0.6) is 0 Å². The zero-order chi connectivity index (χ0) is 21.6. The van der Waals surface area contributed by atoms with E-state index < -0.39 is 43.7 Å². The number of H-pyrrole nitrogens is 1. The number of nitrogens with zero attached hydrogens (tertiary/aromatic N) is 2. The topological polar surface area (TPSA) is 141 Å². The molecule has 160 valence electrons. The van der Waals surface area contributed by atoms with Gasteiger partial charge in [0.15, 0.2) is 5.65 Å². The Hall–Kier alpha value is -1.10. The largest absolute Gasteiger partial charge is 0.388 e. The first-order valence-electron chi connectivity index (χ1n) is 9.15. The molecule has 29 heavy (non-hydrogen) atoms. The van der Waals surface area contributed by atoms with E-state index in [1.807, 2.05) is 0 Å². The highest BCUT2D eigenvalue weighted by atomic mass is 32.1. The van der Waals surface area contributed by atoms with Gasteiger partial charge in [-0.05, 0) is 33.8 Å². The normalized spacial score (nSPS) is 26.8. The molecule has 3 rings (SSSR count). The summed E-state index contributed by atoms with van der Waals surface area (Å²) in [6, 6.07) is 1.69. The van der Waals surface area contributed by atoms with Crippen molar-refractivity contribution in [3.8, 4) is 0 Å². The third kappa shape index (κ3) is 4.98. The smallest absolute Gasteiger partial charge is 0.201 e. The molecule has 1 fully saturated rings. The van der Waals surface area contributed by atoms with Crippen LogP contribution >= 0.6 is 20.6 Å². The van der Waals surface area contributed by atoms with Crippen molar-refractivity contribution < 1.29 is 29.5 Å². The molecule has 1 saturated heterocycles. The van der Waals surface area contributed by atoms with E-state index in [4.69, 9.17) is 21.5 Å². The van der Waals surface area contributed by atoms with E-state index >= 15 is 0 Å². The number of pyridine rings is 1. The zero-order valence-corrected chi connectivity index (χ0v) is 18.3. The van der Waals surface area contributed by atoms with E-state index in [9.17, 15) is 20.2 Å². The average Bonchev–Trinajstić information content (AvgIpc) is 2.87. The maximum absolute atomic E-state index is 10.6. The minimum Gasteiger partial charge on any atom is -0.388 e. The summed E-state index contributed by atoms with van der Waals surface area (Å²) in [7, 11) is -2.12.